The molecule has 0 aliphatic heterocycles. The summed E-state index contributed by atoms with van der Waals surface area (Å²) in [5, 5.41) is 0. The number of hydrogen-bond acceptors (Lipinski definition) is 1. The molecule has 0 saturated heterocycles. The Bertz CT molecular complexity index is 122. The maximum Gasteiger partial charge on any atom is 0.166 e. The minimum absolute atomic E-state index is 0.181. The van der Waals surface area contributed by atoms with Crippen LogP contribution in [0.5, 0.6) is 0 Å². The molecule has 0 heterocycles. The van der Waals surface area contributed by atoms with E-state index in [-0.39, 0.29) is 5.78 Å². The zero-order valence-electron chi connectivity index (χ0n) is 6.11. The highest BCUT2D eigenvalue weighted by atomic mass is 19.1. The second kappa shape index (κ2) is 3.69. The Balaban J connectivity index is 2.35. The molecule has 1 atom stereocenters. The summed E-state index contributed by atoms with van der Waals surface area (Å²) in [5.41, 5.74) is 0. The highest BCUT2D eigenvalue weighted by Gasteiger charge is 2.17. The van der Waals surface area contributed by atoms with Crippen LogP contribution in [0.25, 0.3) is 0 Å². The van der Waals surface area contributed by atoms with E-state index in [4.69, 9.17) is 0 Å². The van der Waals surface area contributed by atoms with Gasteiger partial charge in [-0.15, -0.1) is 0 Å². The molecule has 0 bridgehead atoms. The maximum atomic E-state index is 12.7. The summed E-state index contributed by atoms with van der Waals surface area (Å²) in [5.74, 6) is -0.181. The molecular weight excluding hydrogens is 131 g/mol. The van der Waals surface area contributed by atoms with Gasteiger partial charge in [-0.05, 0) is 12.8 Å². The van der Waals surface area contributed by atoms with Gasteiger partial charge in [0.25, 0.3) is 0 Å². The van der Waals surface area contributed by atoms with E-state index in [1.807, 2.05) is 0 Å². The van der Waals surface area contributed by atoms with Gasteiger partial charge >= 0.3 is 0 Å². The van der Waals surface area contributed by atoms with Gasteiger partial charge in [-0.3, -0.25) is 4.79 Å². The number of hydrogen-bond donors (Lipinski definition) is 0. The van der Waals surface area contributed by atoms with Gasteiger partial charge in [0, 0.05) is 6.42 Å². The number of carbonyl (C=O) groups excluding carboxylic acids is 1. The Labute approximate surface area is 60.6 Å². The highest BCUT2D eigenvalue weighted by Crippen LogP contribution is 2.16. The van der Waals surface area contributed by atoms with Crippen molar-refractivity contribution < 1.29 is 9.18 Å². The molecule has 1 saturated carbocycles. The molecule has 1 nitrogen and oxygen atoms in total. The lowest BCUT2D eigenvalue weighted by atomic mass is 9.99. The fourth-order valence-corrected chi connectivity index (χ4v) is 1.29. The van der Waals surface area contributed by atoms with Crippen LogP contribution in [0.4, 0.5) is 4.39 Å². The van der Waals surface area contributed by atoms with E-state index >= 15 is 0 Å². The smallest absolute Gasteiger partial charge is 0.166 e. The molecule has 1 fully saturated rings. The van der Waals surface area contributed by atoms with Crippen LogP contribution in [0, 0.1) is 0 Å². The third-order valence-electron chi connectivity index (χ3n) is 1.98. The van der Waals surface area contributed by atoms with Crippen molar-refractivity contribution in [3.05, 3.63) is 0 Å². The van der Waals surface area contributed by atoms with E-state index in [0.29, 0.717) is 12.8 Å². The van der Waals surface area contributed by atoms with Crippen LogP contribution in [0.1, 0.15) is 38.5 Å². The monoisotopic (exact) mass is 144 g/mol. The van der Waals surface area contributed by atoms with Crippen molar-refractivity contribution in [2.45, 2.75) is 44.7 Å². The van der Waals surface area contributed by atoms with E-state index < -0.39 is 6.17 Å². The topological polar surface area (TPSA) is 17.1 Å². The van der Waals surface area contributed by atoms with Gasteiger partial charge < -0.3 is 0 Å². The first-order valence-electron chi connectivity index (χ1n) is 3.97. The van der Waals surface area contributed by atoms with Crippen LogP contribution in [0.3, 0.4) is 0 Å². The second-order valence-corrected chi connectivity index (χ2v) is 2.89. The first-order valence-corrected chi connectivity index (χ1v) is 3.97. The van der Waals surface area contributed by atoms with E-state index in [9.17, 15) is 9.18 Å². The van der Waals surface area contributed by atoms with Gasteiger partial charge in [-0.2, -0.15) is 0 Å². The molecule has 58 valence electrons. The van der Waals surface area contributed by atoms with Crippen molar-refractivity contribution >= 4 is 5.78 Å². The summed E-state index contributed by atoms with van der Waals surface area (Å²) in [6.07, 6.45) is 3.72. The summed E-state index contributed by atoms with van der Waals surface area (Å²) in [6, 6.07) is 0. The van der Waals surface area contributed by atoms with Gasteiger partial charge in [0.1, 0.15) is 0 Å². The van der Waals surface area contributed by atoms with Crippen molar-refractivity contribution in [2.24, 2.45) is 0 Å². The van der Waals surface area contributed by atoms with Gasteiger partial charge in [-0.1, -0.05) is 19.3 Å². The number of halogens is 1. The minimum Gasteiger partial charge on any atom is -0.296 e. The molecule has 1 unspecified atom stereocenters. The highest BCUT2D eigenvalue weighted by molar-refractivity contribution is 5.82. The number of rotatable bonds is 0. The van der Waals surface area contributed by atoms with Crippen LogP contribution in [-0.2, 0) is 4.79 Å². The summed E-state index contributed by atoms with van der Waals surface area (Å²) in [6.45, 7) is 0. The molecule has 1 rings (SSSR count). The Morgan fingerprint density at radius 3 is 2.70 bits per heavy atom. The predicted octanol–water partition coefficient (Wildman–Crippen LogP) is 2.25. The van der Waals surface area contributed by atoms with Gasteiger partial charge in [0.05, 0.1) is 0 Å². The van der Waals surface area contributed by atoms with E-state index in [1.54, 1.807) is 0 Å². The number of ketones is 1. The fourth-order valence-electron chi connectivity index (χ4n) is 1.29. The van der Waals surface area contributed by atoms with Crippen LogP contribution in [0.2, 0.25) is 0 Å². The second-order valence-electron chi connectivity index (χ2n) is 2.89. The lowest BCUT2D eigenvalue weighted by Crippen LogP contribution is -2.16. The average molecular weight is 144 g/mol. The number of alkyl halides is 1. The molecule has 1 aliphatic carbocycles. The SMILES string of the molecule is O=C1CCCCCCC1F. The van der Waals surface area contributed by atoms with Crippen LogP contribution >= 0.6 is 0 Å². The van der Waals surface area contributed by atoms with Gasteiger partial charge in [0.2, 0.25) is 0 Å². The normalized spacial score (nSPS) is 29.3. The molecule has 0 amide bonds. The largest absolute Gasteiger partial charge is 0.296 e. The number of Topliss-reactive ketones (excluding diaryl/α,β-unsaturated/α-hetero) is 1. The Kier molecular flexibility index (Phi) is 2.84. The summed E-state index contributed by atoms with van der Waals surface area (Å²) in [4.78, 5) is 10.8. The third kappa shape index (κ3) is 2.09. The molecule has 0 spiro atoms. The summed E-state index contributed by atoms with van der Waals surface area (Å²) >= 11 is 0. The zero-order valence-corrected chi connectivity index (χ0v) is 6.11. The van der Waals surface area contributed by atoms with E-state index in [0.717, 1.165) is 25.7 Å². The van der Waals surface area contributed by atoms with Gasteiger partial charge in [0.15, 0.2) is 12.0 Å². The molecule has 0 N–H and O–H groups in total. The van der Waals surface area contributed by atoms with Crippen LogP contribution in [0.15, 0.2) is 0 Å². The van der Waals surface area contributed by atoms with Gasteiger partial charge in [-0.25, -0.2) is 4.39 Å². The Morgan fingerprint density at radius 1 is 1.20 bits per heavy atom. The fraction of sp³-hybridized carbons (Fsp3) is 0.875. The van der Waals surface area contributed by atoms with E-state index in [1.165, 1.54) is 0 Å². The average Bonchev–Trinajstić information content (AvgIpc) is 1.92. The lowest BCUT2D eigenvalue weighted by Gasteiger charge is -2.10. The van der Waals surface area contributed by atoms with Crippen molar-refractivity contribution in [2.75, 3.05) is 0 Å². The molecular formula is C8H13FO. The Hall–Kier alpha value is -0.400. The zero-order chi connectivity index (χ0) is 7.40. The molecule has 0 aromatic carbocycles. The lowest BCUT2D eigenvalue weighted by molar-refractivity contribution is -0.124. The summed E-state index contributed by atoms with van der Waals surface area (Å²) in [7, 11) is 0. The minimum atomic E-state index is -1.15. The molecule has 0 aromatic heterocycles. The third-order valence-corrected chi connectivity index (χ3v) is 1.98. The molecule has 2 heteroatoms. The molecule has 1 aliphatic rings. The molecule has 10 heavy (non-hydrogen) atoms. The first kappa shape index (κ1) is 7.70. The maximum absolute atomic E-state index is 12.7. The van der Waals surface area contributed by atoms with Crippen molar-refractivity contribution in [3.8, 4) is 0 Å². The first-order chi connectivity index (χ1) is 4.80. The Morgan fingerprint density at radius 2 is 1.90 bits per heavy atom. The number of carbonyl (C=O) groups is 1. The van der Waals surface area contributed by atoms with Crippen molar-refractivity contribution in [1.82, 2.24) is 0 Å². The standard InChI is InChI=1S/C8H13FO/c9-7-5-3-1-2-4-6-8(7)10/h7H,1-6H2. The van der Waals surface area contributed by atoms with E-state index in [2.05, 4.69) is 0 Å². The van der Waals surface area contributed by atoms with Crippen LogP contribution in [-0.4, -0.2) is 12.0 Å². The van der Waals surface area contributed by atoms with Crippen molar-refractivity contribution in [3.63, 3.8) is 0 Å². The summed E-state index contributed by atoms with van der Waals surface area (Å²) < 4.78 is 12.7. The van der Waals surface area contributed by atoms with Crippen LogP contribution < -0.4 is 0 Å². The quantitative estimate of drug-likeness (QED) is 0.509. The van der Waals surface area contributed by atoms with Crippen molar-refractivity contribution in [1.29, 1.82) is 0 Å². The predicted molar refractivity (Wildman–Crippen MR) is 37.6 cm³/mol. The molecule has 0 aromatic rings. The molecule has 0 radical (unpaired) electrons.